The van der Waals surface area contributed by atoms with Gasteiger partial charge in [0.1, 0.15) is 11.4 Å². The first-order valence-corrected chi connectivity index (χ1v) is 11.9. The lowest BCUT2D eigenvalue weighted by Gasteiger charge is -2.37. The molecule has 11 heteroatoms. The molecule has 3 aromatic rings. The molecule has 9 nitrogen and oxygen atoms in total. The quantitative estimate of drug-likeness (QED) is 0.343. The van der Waals surface area contributed by atoms with Crippen molar-refractivity contribution in [2.75, 3.05) is 31.1 Å². The molecule has 4 rings (SSSR count). The Balaban J connectivity index is 1.45. The average Bonchev–Trinajstić information content (AvgIpc) is 3.17. The van der Waals surface area contributed by atoms with Gasteiger partial charge in [-0.3, -0.25) is 14.9 Å². The standard InChI is InChI=1S/C24H25Cl2N5O4/c1-15-12-16(2)30(27-15)22-14-19(5-6-21(22)31(33)34)28-8-10-29(11-9-28)24(32)17(3)35-23-7-4-18(25)13-20(23)26/h4-7,12-14,17H,8-11H2,1-3H3/t17-/m0/s1. The minimum absolute atomic E-state index is 0.0133. The summed E-state index contributed by atoms with van der Waals surface area (Å²) < 4.78 is 7.37. The zero-order valence-electron chi connectivity index (χ0n) is 19.6. The third-order valence-electron chi connectivity index (χ3n) is 5.90. The second-order valence-corrected chi connectivity index (χ2v) is 9.26. The van der Waals surface area contributed by atoms with E-state index in [9.17, 15) is 14.9 Å². The van der Waals surface area contributed by atoms with Crippen LogP contribution in [-0.4, -0.2) is 57.8 Å². The Kier molecular flexibility index (Phi) is 7.18. The van der Waals surface area contributed by atoms with Gasteiger partial charge in [-0.15, -0.1) is 0 Å². The normalized spacial score (nSPS) is 14.7. The van der Waals surface area contributed by atoms with Gasteiger partial charge < -0.3 is 14.5 Å². The molecular weight excluding hydrogens is 493 g/mol. The summed E-state index contributed by atoms with van der Waals surface area (Å²) >= 11 is 12.1. The van der Waals surface area contributed by atoms with E-state index >= 15 is 0 Å². The van der Waals surface area contributed by atoms with Gasteiger partial charge in [-0.05, 0) is 57.2 Å². The van der Waals surface area contributed by atoms with Gasteiger partial charge in [-0.25, -0.2) is 4.68 Å². The maximum atomic E-state index is 12.9. The first-order chi connectivity index (χ1) is 16.6. The number of nitro groups is 1. The molecule has 1 aliphatic heterocycles. The van der Waals surface area contributed by atoms with Crippen molar-refractivity contribution in [1.29, 1.82) is 0 Å². The number of benzene rings is 2. The van der Waals surface area contributed by atoms with E-state index in [1.165, 1.54) is 6.07 Å². The van der Waals surface area contributed by atoms with E-state index in [0.29, 0.717) is 47.7 Å². The summed E-state index contributed by atoms with van der Waals surface area (Å²) in [6, 6.07) is 11.8. The first kappa shape index (κ1) is 24.8. The van der Waals surface area contributed by atoms with E-state index in [1.807, 2.05) is 19.9 Å². The summed E-state index contributed by atoms with van der Waals surface area (Å²) in [5.41, 5.74) is 2.83. The third kappa shape index (κ3) is 5.36. The fourth-order valence-electron chi connectivity index (χ4n) is 4.16. The number of piperazine rings is 1. The Bertz CT molecular complexity index is 1270. The first-order valence-electron chi connectivity index (χ1n) is 11.1. The van der Waals surface area contributed by atoms with Crippen LogP contribution >= 0.6 is 23.2 Å². The van der Waals surface area contributed by atoms with Gasteiger partial charge in [0.2, 0.25) is 0 Å². The van der Waals surface area contributed by atoms with Crippen LogP contribution in [0.1, 0.15) is 18.3 Å². The Morgan fingerprint density at radius 2 is 1.80 bits per heavy atom. The minimum Gasteiger partial charge on any atom is -0.479 e. The van der Waals surface area contributed by atoms with Crippen molar-refractivity contribution >= 4 is 40.5 Å². The Morgan fingerprint density at radius 1 is 1.09 bits per heavy atom. The Hall–Kier alpha value is -3.30. The van der Waals surface area contributed by atoms with E-state index in [2.05, 4.69) is 10.00 Å². The number of ether oxygens (including phenoxy) is 1. The number of carbonyl (C=O) groups is 1. The minimum atomic E-state index is -0.711. The number of hydrogen-bond acceptors (Lipinski definition) is 6. The van der Waals surface area contributed by atoms with Crippen LogP contribution in [-0.2, 0) is 4.79 Å². The highest BCUT2D eigenvalue weighted by Gasteiger charge is 2.28. The average molecular weight is 518 g/mol. The van der Waals surface area contributed by atoms with Crippen molar-refractivity contribution < 1.29 is 14.5 Å². The van der Waals surface area contributed by atoms with E-state index in [-0.39, 0.29) is 11.6 Å². The lowest BCUT2D eigenvalue weighted by Crippen LogP contribution is -2.52. The molecule has 0 bridgehead atoms. The molecule has 1 aliphatic rings. The molecule has 2 aromatic carbocycles. The van der Waals surface area contributed by atoms with Crippen LogP contribution in [0.3, 0.4) is 0 Å². The lowest BCUT2D eigenvalue weighted by atomic mass is 10.2. The number of halogens is 2. The summed E-state index contributed by atoms with van der Waals surface area (Å²) in [5.74, 6) is 0.265. The molecule has 2 heterocycles. The Labute approximate surface area is 212 Å². The van der Waals surface area contributed by atoms with Crippen LogP contribution in [0.4, 0.5) is 11.4 Å². The number of carbonyl (C=O) groups excluding carboxylic acids is 1. The van der Waals surface area contributed by atoms with Gasteiger partial charge in [0.05, 0.1) is 15.6 Å². The Morgan fingerprint density at radius 3 is 2.40 bits per heavy atom. The van der Waals surface area contributed by atoms with Crippen LogP contribution in [0.2, 0.25) is 10.0 Å². The van der Waals surface area contributed by atoms with Crippen molar-refractivity contribution in [2.45, 2.75) is 26.9 Å². The zero-order chi connectivity index (χ0) is 25.3. The molecule has 0 unspecified atom stereocenters. The molecule has 1 saturated heterocycles. The molecule has 0 N–H and O–H groups in total. The lowest BCUT2D eigenvalue weighted by molar-refractivity contribution is -0.384. The number of rotatable bonds is 6. The van der Waals surface area contributed by atoms with Gasteiger partial charge in [-0.2, -0.15) is 5.10 Å². The topological polar surface area (TPSA) is 93.7 Å². The predicted molar refractivity (Wildman–Crippen MR) is 135 cm³/mol. The number of aromatic nitrogens is 2. The molecule has 35 heavy (non-hydrogen) atoms. The maximum absolute atomic E-state index is 12.9. The molecule has 0 spiro atoms. The van der Waals surface area contributed by atoms with E-state index < -0.39 is 11.0 Å². The van der Waals surface area contributed by atoms with Crippen LogP contribution in [0.5, 0.6) is 5.75 Å². The van der Waals surface area contributed by atoms with Crippen LogP contribution < -0.4 is 9.64 Å². The van der Waals surface area contributed by atoms with Crippen molar-refractivity contribution in [1.82, 2.24) is 14.7 Å². The fourth-order valence-corrected chi connectivity index (χ4v) is 4.61. The largest absolute Gasteiger partial charge is 0.479 e. The fraction of sp³-hybridized carbons (Fsp3) is 0.333. The second kappa shape index (κ2) is 10.1. The summed E-state index contributed by atoms with van der Waals surface area (Å²) in [4.78, 5) is 28.0. The summed E-state index contributed by atoms with van der Waals surface area (Å²) in [7, 11) is 0. The molecule has 0 aliphatic carbocycles. The predicted octanol–water partition coefficient (Wildman–Crippen LogP) is 4.82. The van der Waals surface area contributed by atoms with Gasteiger partial charge >= 0.3 is 0 Å². The number of nitro benzene ring substituents is 1. The molecule has 1 fully saturated rings. The number of nitrogens with zero attached hydrogens (tertiary/aromatic N) is 5. The van der Waals surface area contributed by atoms with Crippen LogP contribution in [0, 0.1) is 24.0 Å². The van der Waals surface area contributed by atoms with Gasteiger partial charge in [-0.1, -0.05) is 23.2 Å². The summed E-state index contributed by atoms with van der Waals surface area (Å²) in [6.45, 7) is 7.54. The number of aryl methyl sites for hydroxylation is 2. The number of amides is 1. The monoisotopic (exact) mass is 517 g/mol. The highest BCUT2D eigenvalue weighted by Crippen LogP contribution is 2.31. The molecule has 1 amide bonds. The van der Waals surface area contributed by atoms with Gasteiger partial charge in [0.25, 0.3) is 11.6 Å². The summed E-state index contributed by atoms with van der Waals surface area (Å²) in [6.07, 6.45) is -0.711. The van der Waals surface area contributed by atoms with Crippen LogP contribution in [0.25, 0.3) is 5.69 Å². The molecule has 184 valence electrons. The van der Waals surface area contributed by atoms with E-state index in [4.69, 9.17) is 27.9 Å². The van der Waals surface area contributed by atoms with E-state index in [1.54, 1.807) is 46.8 Å². The highest BCUT2D eigenvalue weighted by atomic mass is 35.5. The number of anilines is 1. The van der Waals surface area contributed by atoms with Crippen molar-refractivity contribution in [2.24, 2.45) is 0 Å². The SMILES string of the molecule is Cc1cc(C)n(-c2cc(N3CCN(C(=O)[C@H](C)Oc4ccc(Cl)cc4Cl)CC3)ccc2[N+](=O)[O-])n1. The second-order valence-electron chi connectivity index (χ2n) is 8.42. The third-order valence-corrected chi connectivity index (χ3v) is 6.43. The molecule has 1 aromatic heterocycles. The molecule has 1 atom stereocenters. The highest BCUT2D eigenvalue weighted by molar-refractivity contribution is 6.35. The molecule has 0 radical (unpaired) electrons. The van der Waals surface area contributed by atoms with Crippen molar-refractivity contribution in [3.63, 3.8) is 0 Å². The molecular formula is C24H25Cl2N5O4. The zero-order valence-corrected chi connectivity index (χ0v) is 21.1. The van der Waals surface area contributed by atoms with E-state index in [0.717, 1.165) is 17.1 Å². The number of hydrogen-bond donors (Lipinski definition) is 0. The van der Waals surface area contributed by atoms with Gasteiger partial charge in [0, 0.05) is 48.6 Å². The van der Waals surface area contributed by atoms with Crippen molar-refractivity contribution in [3.8, 4) is 11.4 Å². The smallest absolute Gasteiger partial charge is 0.295 e. The maximum Gasteiger partial charge on any atom is 0.295 e. The van der Waals surface area contributed by atoms with Crippen molar-refractivity contribution in [3.05, 3.63) is 74.0 Å². The van der Waals surface area contributed by atoms with Gasteiger partial charge in [0.15, 0.2) is 6.10 Å². The molecule has 0 saturated carbocycles. The summed E-state index contributed by atoms with van der Waals surface area (Å²) in [5, 5.41) is 16.9. The van der Waals surface area contributed by atoms with Crippen LogP contribution in [0.15, 0.2) is 42.5 Å².